The molecule has 0 radical (unpaired) electrons. The first-order valence-electron chi connectivity index (χ1n) is 3.26. The van der Waals surface area contributed by atoms with Crippen LogP contribution in [0.2, 0.25) is 0 Å². The van der Waals surface area contributed by atoms with E-state index in [2.05, 4.69) is 24.3 Å². The molecule has 3 heteroatoms. The second kappa shape index (κ2) is 3.15. The third-order valence-corrected chi connectivity index (χ3v) is 1.36. The third-order valence-electron chi connectivity index (χ3n) is 1.36. The van der Waals surface area contributed by atoms with Crippen molar-refractivity contribution >= 4 is 0 Å². The van der Waals surface area contributed by atoms with E-state index in [4.69, 9.17) is 4.74 Å². The number of nitrogens with zero attached hydrogens (tertiary/aromatic N) is 1. The maximum absolute atomic E-state index is 5.31. The fraction of sp³-hybridized carbons (Fsp3) is 1.00. The molecule has 3 nitrogen and oxygen atoms in total. The Kier molecular flexibility index (Phi) is 2.45. The number of hydrogen-bond donors (Lipinski definition) is 1. The summed E-state index contributed by atoms with van der Waals surface area (Å²) in [5, 5.41) is 3.13. The summed E-state index contributed by atoms with van der Waals surface area (Å²) >= 11 is 0. The second-order valence-electron chi connectivity index (χ2n) is 2.65. The number of hydrogen-bond acceptors (Lipinski definition) is 3. The van der Waals surface area contributed by atoms with E-state index in [0.717, 1.165) is 19.8 Å². The molecule has 0 bridgehead atoms. The molecule has 1 saturated heterocycles. The Hall–Kier alpha value is -0.120. The molecule has 0 aromatic carbocycles. The van der Waals surface area contributed by atoms with Crippen LogP contribution in [0.25, 0.3) is 0 Å². The van der Waals surface area contributed by atoms with Crippen LogP contribution in [0.4, 0.5) is 0 Å². The van der Waals surface area contributed by atoms with E-state index in [0.29, 0.717) is 6.10 Å². The van der Waals surface area contributed by atoms with Crippen molar-refractivity contribution in [2.75, 3.05) is 33.9 Å². The molecule has 1 fully saturated rings. The summed E-state index contributed by atoms with van der Waals surface area (Å²) in [6, 6.07) is 0. The molecule has 1 rings (SSSR count). The van der Waals surface area contributed by atoms with E-state index < -0.39 is 0 Å². The minimum Gasteiger partial charge on any atom is -0.360 e. The van der Waals surface area contributed by atoms with Gasteiger partial charge in [0.05, 0.1) is 12.8 Å². The van der Waals surface area contributed by atoms with Gasteiger partial charge >= 0.3 is 0 Å². The molecule has 1 aliphatic rings. The Morgan fingerprint density at radius 1 is 1.67 bits per heavy atom. The van der Waals surface area contributed by atoms with Crippen LogP contribution in [0.1, 0.15) is 0 Å². The van der Waals surface area contributed by atoms with Gasteiger partial charge < -0.3 is 9.64 Å². The van der Waals surface area contributed by atoms with Crippen LogP contribution >= 0.6 is 0 Å². The molecule has 9 heavy (non-hydrogen) atoms. The van der Waals surface area contributed by atoms with Gasteiger partial charge in [0.2, 0.25) is 0 Å². The standard InChI is InChI=1S/C6H14N2O/c1-8(2)4-6-3-7-5-9-6/h6-7H,3-5H2,1-2H3/t6-/m1/s1. The minimum atomic E-state index is 0.403. The minimum absolute atomic E-state index is 0.403. The molecular weight excluding hydrogens is 116 g/mol. The van der Waals surface area contributed by atoms with Gasteiger partial charge in [0, 0.05) is 13.1 Å². The summed E-state index contributed by atoms with van der Waals surface area (Å²) in [6.07, 6.45) is 0.403. The smallest absolute Gasteiger partial charge is 0.0971 e. The second-order valence-corrected chi connectivity index (χ2v) is 2.65. The maximum Gasteiger partial charge on any atom is 0.0971 e. The van der Waals surface area contributed by atoms with Crippen molar-refractivity contribution in [2.45, 2.75) is 6.10 Å². The molecular formula is C6H14N2O. The van der Waals surface area contributed by atoms with Crippen LogP contribution in [0.15, 0.2) is 0 Å². The molecule has 0 saturated carbocycles. The lowest BCUT2D eigenvalue weighted by Gasteiger charge is -2.13. The van der Waals surface area contributed by atoms with Crippen LogP contribution in [0.5, 0.6) is 0 Å². The van der Waals surface area contributed by atoms with E-state index in [9.17, 15) is 0 Å². The van der Waals surface area contributed by atoms with E-state index in [1.165, 1.54) is 0 Å². The molecule has 1 atom stereocenters. The fourth-order valence-electron chi connectivity index (χ4n) is 0.980. The van der Waals surface area contributed by atoms with Gasteiger partial charge in [0.1, 0.15) is 0 Å². The number of rotatable bonds is 2. The molecule has 0 aliphatic carbocycles. The van der Waals surface area contributed by atoms with Gasteiger partial charge in [-0.15, -0.1) is 0 Å². The zero-order valence-corrected chi connectivity index (χ0v) is 6.05. The normalized spacial score (nSPS) is 27.7. The Balaban J connectivity index is 2.11. The Morgan fingerprint density at radius 3 is 2.89 bits per heavy atom. The highest BCUT2D eigenvalue weighted by Crippen LogP contribution is 1.96. The zero-order valence-electron chi connectivity index (χ0n) is 6.05. The van der Waals surface area contributed by atoms with E-state index in [1.54, 1.807) is 0 Å². The molecule has 0 aromatic rings. The van der Waals surface area contributed by atoms with Crippen molar-refractivity contribution in [3.05, 3.63) is 0 Å². The summed E-state index contributed by atoms with van der Waals surface area (Å²) in [5.74, 6) is 0. The average Bonchev–Trinajstić information content (AvgIpc) is 2.15. The Labute approximate surface area is 56.0 Å². The zero-order chi connectivity index (χ0) is 6.69. The van der Waals surface area contributed by atoms with Gasteiger partial charge in [0.25, 0.3) is 0 Å². The van der Waals surface area contributed by atoms with Crippen LogP contribution in [0.3, 0.4) is 0 Å². The van der Waals surface area contributed by atoms with Crippen molar-refractivity contribution in [3.8, 4) is 0 Å². The molecule has 1 N–H and O–H groups in total. The first-order chi connectivity index (χ1) is 4.29. The van der Waals surface area contributed by atoms with Crippen molar-refractivity contribution in [2.24, 2.45) is 0 Å². The predicted octanol–water partition coefficient (Wildman–Crippen LogP) is -0.506. The Bertz CT molecular complexity index is 79.1. The van der Waals surface area contributed by atoms with Gasteiger partial charge in [-0.1, -0.05) is 0 Å². The van der Waals surface area contributed by atoms with Gasteiger partial charge in [-0.2, -0.15) is 0 Å². The summed E-state index contributed by atoms with van der Waals surface area (Å²) in [5.41, 5.74) is 0. The van der Waals surface area contributed by atoms with E-state index in [1.807, 2.05) is 0 Å². The lowest BCUT2D eigenvalue weighted by atomic mass is 10.3. The summed E-state index contributed by atoms with van der Waals surface area (Å²) in [4.78, 5) is 2.14. The van der Waals surface area contributed by atoms with Crippen LogP contribution < -0.4 is 5.32 Å². The van der Waals surface area contributed by atoms with Crippen LogP contribution in [-0.4, -0.2) is 44.9 Å². The van der Waals surface area contributed by atoms with Gasteiger partial charge in [-0.05, 0) is 14.1 Å². The fourth-order valence-corrected chi connectivity index (χ4v) is 0.980. The molecule has 0 unspecified atom stereocenters. The SMILES string of the molecule is CN(C)C[C@H]1CNCO1. The van der Waals surface area contributed by atoms with Crippen molar-refractivity contribution in [1.29, 1.82) is 0 Å². The molecule has 54 valence electrons. The van der Waals surface area contributed by atoms with Crippen LogP contribution in [-0.2, 0) is 4.74 Å². The highest BCUT2D eigenvalue weighted by molar-refractivity contribution is 4.67. The molecule has 1 heterocycles. The lowest BCUT2D eigenvalue weighted by molar-refractivity contribution is 0.0910. The predicted molar refractivity (Wildman–Crippen MR) is 36.3 cm³/mol. The summed E-state index contributed by atoms with van der Waals surface area (Å²) in [6.45, 7) is 2.74. The largest absolute Gasteiger partial charge is 0.360 e. The number of nitrogens with one attached hydrogen (secondary N) is 1. The molecule has 0 spiro atoms. The van der Waals surface area contributed by atoms with Crippen molar-refractivity contribution in [1.82, 2.24) is 10.2 Å². The van der Waals surface area contributed by atoms with Gasteiger partial charge in [0.15, 0.2) is 0 Å². The monoisotopic (exact) mass is 130 g/mol. The number of ether oxygens (including phenoxy) is 1. The van der Waals surface area contributed by atoms with E-state index >= 15 is 0 Å². The maximum atomic E-state index is 5.31. The van der Waals surface area contributed by atoms with Gasteiger partial charge in [-0.3, -0.25) is 5.32 Å². The first-order valence-corrected chi connectivity index (χ1v) is 3.26. The van der Waals surface area contributed by atoms with Crippen molar-refractivity contribution in [3.63, 3.8) is 0 Å². The average molecular weight is 130 g/mol. The molecule has 0 amide bonds. The number of likely N-dealkylation sites (N-methyl/N-ethyl adjacent to an activating group) is 1. The molecule has 0 aromatic heterocycles. The summed E-state index contributed by atoms with van der Waals surface area (Å²) < 4.78 is 5.31. The highest BCUT2D eigenvalue weighted by Gasteiger charge is 2.14. The topological polar surface area (TPSA) is 24.5 Å². The lowest BCUT2D eigenvalue weighted by Crippen LogP contribution is -2.28. The van der Waals surface area contributed by atoms with Crippen molar-refractivity contribution < 1.29 is 4.74 Å². The summed E-state index contributed by atoms with van der Waals surface area (Å²) in [7, 11) is 4.11. The quantitative estimate of drug-likeness (QED) is 0.545. The van der Waals surface area contributed by atoms with E-state index in [-0.39, 0.29) is 0 Å². The highest BCUT2D eigenvalue weighted by atomic mass is 16.5. The first kappa shape index (κ1) is 6.99. The van der Waals surface area contributed by atoms with Gasteiger partial charge in [-0.25, -0.2) is 0 Å². The van der Waals surface area contributed by atoms with Crippen LogP contribution in [0, 0.1) is 0 Å². The molecule has 1 aliphatic heterocycles. The Morgan fingerprint density at radius 2 is 2.44 bits per heavy atom. The third kappa shape index (κ3) is 2.30.